The Morgan fingerprint density at radius 2 is 2.05 bits per heavy atom. The molecule has 2 rings (SSSR count). The molecule has 0 radical (unpaired) electrons. The van der Waals surface area contributed by atoms with Crippen molar-refractivity contribution in [2.45, 2.75) is 19.3 Å². The van der Waals surface area contributed by atoms with E-state index in [1.165, 1.54) is 0 Å². The van der Waals surface area contributed by atoms with Gasteiger partial charge in [0.2, 0.25) is 0 Å². The fourth-order valence-corrected chi connectivity index (χ4v) is 3.20. The lowest BCUT2D eigenvalue weighted by molar-refractivity contribution is -0.142. The number of hydrogen-bond acceptors (Lipinski definition) is 2. The van der Waals surface area contributed by atoms with Gasteiger partial charge in [0.15, 0.2) is 0 Å². The smallest absolute Gasteiger partial charge is 0.306 e. The largest absolute Gasteiger partial charge is 0.481 e. The Labute approximate surface area is 125 Å². The summed E-state index contributed by atoms with van der Waals surface area (Å²) in [4.78, 5) is 23.1. The quantitative estimate of drug-likeness (QED) is 0.798. The maximum Gasteiger partial charge on any atom is 0.306 e. The Morgan fingerprint density at radius 1 is 1.32 bits per heavy atom. The van der Waals surface area contributed by atoms with E-state index in [0.29, 0.717) is 12.1 Å². The van der Waals surface area contributed by atoms with E-state index in [1.807, 2.05) is 18.2 Å². The van der Waals surface area contributed by atoms with Crippen LogP contribution in [0.25, 0.3) is 0 Å². The van der Waals surface area contributed by atoms with Crippen LogP contribution in [0.15, 0.2) is 24.3 Å². The fourth-order valence-electron chi connectivity index (χ4n) is 2.57. The SMILES string of the molecule is O=C(NCC1CCCC1C(=O)O)c1ccccc1I. The first-order chi connectivity index (χ1) is 9.09. The molecule has 2 atom stereocenters. The van der Waals surface area contributed by atoms with Crippen molar-refractivity contribution in [3.05, 3.63) is 33.4 Å². The lowest BCUT2D eigenvalue weighted by atomic mass is 9.96. The monoisotopic (exact) mass is 373 g/mol. The average Bonchev–Trinajstić information content (AvgIpc) is 2.85. The molecule has 1 aliphatic rings. The maximum atomic E-state index is 12.0. The predicted octanol–water partition coefficient (Wildman–Crippen LogP) is 2.52. The van der Waals surface area contributed by atoms with E-state index >= 15 is 0 Å². The van der Waals surface area contributed by atoms with Gasteiger partial charge in [-0.2, -0.15) is 0 Å². The van der Waals surface area contributed by atoms with Crippen LogP contribution in [-0.2, 0) is 4.79 Å². The molecule has 0 saturated heterocycles. The first-order valence-electron chi connectivity index (χ1n) is 6.35. The van der Waals surface area contributed by atoms with Gasteiger partial charge in [0.05, 0.1) is 11.5 Å². The molecule has 1 aromatic rings. The minimum absolute atomic E-state index is 0.0582. The number of halogens is 1. The number of carbonyl (C=O) groups is 2. The zero-order valence-corrected chi connectivity index (χ0v) is 12.6. The van der Waals surface area contributed by atoms with Crippen molar-refractivity contribution >= 4 is 34.5 Å². The number of carboxylic acid groups (broad SMARTS) is 1. The van der Waals surface area contributed by atoms with E-state index in [-0.39, 0.29) is 17.7 Å². The summed E-state index contributed by atoms with van der Waals surface area (Å²) in [5.41, 5.74) is 0.646. The summed E-state index contributed by atoms with van der Waals surface area (Å²) in [6.07, 6.45) is 2.53. The molecule has 2 unspecified atom stereocenters. The zero-order valence-electron chi connectivity index (χ0n) is 10.4. The molecule has 102 valence electrons. The molecular formula is C14H16INO3. The van der Waals surface area contributed by atoms with Gasteiger partial charge in [-0.3, -0.25) is 9.59 Å². The molecule has 0 bridgehead atoms. The molecule has 1 saturated carbocycles. The van der Waals surface area contributed by atoms with Crippen molar-refractivity contribution in [1.82, 2.24) is 5.32 Å². The van der Waals surface area contributed by atoms with Crippen molar-refractivity contribution in [3.8, 4) is 0 Å². The highest BCUT2D eigenvalue weighted by Gasteiger charge is 2.32. The molecule has 5 heteroatoms. The Kier molecular flexibility index (Phi) is 4.79. The molecular weight excluding hydrogens is 357 g/mol. The third-order valence-corrected chi connectivity index (χ3v) is 4.56. The highest BCUT2D eigenvalue weighted by Crippen LogP contribution is 2.31. The Morgan fingerprint density at radius 3 is 2.74 bits per heavy atom. The van der Waals surface area contributed by atoms with E-state index in [9.17, 15) is 9.59 Å². The predicted molar refractivity (Wildman–Crippen MR) is 80.0 cm³/mol. The summed E-state index contributed by atoms with van der Waals surface area (Å²) < 4.78 is 0.902. The Balaban J connectivity index is 1.94. The standard InChI is InChI=1S/C14H16INO3/c15-12-7-2-1-5-11(12)13(17)16-8-9-4-3-6-10(9)14(18)19/h1-2,5,7,9-10H,3-4,6,8H2,(H,16,17)(H,18,19). The van der Waals surface area contributed by atoms with Crippen molar-refractivity contribution in [2.75, 3.05) is 6.54 Å². The van der Waals surface area contributed by atoms with Crippen LogP contribution in [0, 0.1) is 15.4 Å². The van der Waals surface area contributed by atoms with E-state index in [0.717, 1.165) is 22.8 Å². The Bertz CT molecular complexity index is 489. The number of nitrogens with one attached hydrogen (secondary N) is 1. The highest BCUT2D eigenvalue weighted by molar-refractivity contribution is 14.1. The molecule has 19 heavy (non-hydrogen) atoms. The second-order valence-electron chi connectivity index (χ2n) is 4.83. The van der Waals surface area contributed by atoms with Crippen LogP contribution in [0.2, 0.25) is 0 Å². The summed E-state index contributed by atoms with van der Waals surface area (Å²) in [5, 5.41) is 12.0. The molecule has 1 aromatic carbocycles. The number of amides is 1. The van der Waals surface area contributed by atoms with E-state index in [4.69, 9.17) is 5.11 Å². The van der Waals surface area contributed by atoms with Gasteiger partial charge in [-0.25, -0.2) is 0 Å². The van der Waals surface area contributed by atoms with Crippen molar-refractivity contribution in [2.24, 2.45) is 11.8 Å². The minimum Gasteiger partial charge on any atom is -0.481 e. The molecule has 0 aliphatic heterocycles. The first-order valence-corrected chi connectivity index (χ1v) is 7.43. The summed E-state index contributed by atoms with van der Waals surface area (Å²) >= 11 is 2.12. The molecule has 1 aliphatic carbocycles. The molecule has 4 nitrogen and oxygen atoms in total. The van der Waals surface area contributed by atoms with E-state index < -0.39 is 5.97 Å². The molecule has 0 spiro atoms. The Hall–Kier alpha value is -1.11. The van der Waals surface area contributed by atoms with Gasteiger partial charge >= 0.3 is 5.97 Å². The molecule has 0 heterocycles. The van der Waals surface area contributed by atoms with Crippen LogP contribution in [0.5, 0.6) is 0 Å². The van der Waals surface area contributed by atoms with Gasteiger partial charge in [0.25, 0.3) is 5.91 Å². The van der Waals surface area contributed by atoms with Crippen molar-refractivity contribution in [3.63, 3.8) is 0 Å². The van der Waals surface area contributed by atoms with Gasteiger partial charge in [-0.05, 0) is 53.5 Å². The van der Waals surface area contributed by atoms with Crippen molar-refractivity contribution < 1.29 is 14.7 Å². The lowest BCUT2D eigenvalue weighted by Crippen LogP contribution is -2.33. The van der Waals surface area contributed by atoms with Gasteiger partial charge in [-0.15, -0.1) is 0 Å². The number of carboxylic acids is 1. The topological polar surface area (TPSA) is 66.4 Å². The summed E-state index contributed by atoms with van der Waals surface area (Å²) in [6, 6.07) is 7.37. The third-order valence-electron chi connectivity index (χ3n) is 3.62. The summed E-state index contributed by atoms with van der Waals surface area (Å²) in [6.45, 7) is 0.445. The second-order valence-corrected chi connectivity index (χ2v) is 5.99. The average molecular weight is 373 g/mol. The van der Waals surface area contributed by atoms with Gasteiger partial charge in [0.1, 0.15) is 0 Å². The lowest BCUT2D eigenvalue weighted by Gasteiger charge is -2.16. The molecule has 2 N–H and O–H groups in total. The number of aliphatic carboxylic acids is 1. The van der Waals surface area contributed by atoms with Crippen LogP contribution < -0.4 is 5.32 Å². The van der Waals surface area contributed by atoms with Crippen LogP contribution in [0.1, 0.15) is 29.6 Å². The highest BCUT2D eigenvalue weighted by atomic mass is 127. The van der Waals surface area contributed by atoms with Crippen LogP contribution >= 0.6 is 22.6 Å². The van der Waals surface area contributed by atoms with Crippen LogP contribution in [-0.4, -0.2) is 23.5 Å². The van der Waals surface area contributed by atoms with Gasteiger partial charge < -0.3 is 10.4 Å². The summed E-state index contributed by atoms with van der Waals surface area (Å²) in [5.74, 6) is -1.12. The maximum absolute atomic E-state index is 12.0. The van der Waals surface area contributed by atoms with Gasteiger partial charge in [-0.1, -0.05) is 18.6 Å². The number of rotatable bonds is 4. The van der Waals surface area contributed by atoms with Gasteiger partial charge in [0, 0.05) is 10.1 Å². The number of carbonyl (C=O) groups excluding carboxylic acids is 1. The summed E-state index contributed by atoms with van der Waals surface area (Å²) in [7, 11) is 0. The first kappa shape index (κ1) is 14.3. The van der Waals surface area contributed by atoms with E-state index in [2.05, 4.69) is 27.9 Å². The minimum atomic E-state index is -0.744. The second kappa shape index (κ2) is 6.36. The number of hydrogen-bond donors (Lipinski definition) is 2. The third kappa shape index (κ3) is 3.46. The van der Waals surface area contributed by atoms with Crippen LogP contribution in [0.4, 0.5) is 0 Å². The molecule has 1 fully saturated rings. The zero-order chi connectivity index (χ0) is 13.8. The number of benzene rings is 1. The van der Waals surface area contributed by atoms with Crippen molar-refractivity contribution in [1.29, 1.82) is 0 Å². The fraction of sp³-hybridized carbons (Fsp3) is 0.429. The van der Waals surface area contributed by atoms with Crippen LogP contribution in [0.3, 0.4) is 0 Å². The molecule has 1 amide bonds. The molecule has 0 aromatic heterocycles. The van der Waals surface area contributed by atoms with E-state index in [1.54, 1.807) is 6.07 Å². The normalized spacial score (nSPS) is 22.2.